The molecule has 3 aliphatic rings. The zero-order valence-electron chi connectivity index (χ0n) is 51.2. The number of carbonyl (C=O) groups excluding carboxylic acids is 1. The topological polar surface area (TPSA) is 338 Å². The standard InChI is InChI=1S/C59H113N2O21P/c1-7-10-12-14-16-18-20-22-24-26-28-30-32-34-43(62)42(60-47(63)35-33-31-29-27-25-23-21-19-17-15-13-11-8-2)38-74-57-54(70)51(67)48(64)44(80-57)39-75-58-55(71)52(68)49(65)45(81-58)40-76-59-56(72)53(69)50(66)46(82-59)41-79-83(73,77-9-3)78-37-36-61(4,5)6/h32,34,42-46,48-59,62,64-72H,7-31,33,35-41H2,1-6H3/p+1/b34-32+/t42-,43+,44+,45+,46+,48-,49-,50-,51-,52-,53-,54+,55+,56+,57+,58+,59+,83?/m0/s1. The number of aliphatic hydroxyl groups is 10. The molecule has 3 rings (SSSR count). The molecule has 0 aromatic heterocycles. The van der Waals surface area contributed by atoms with Crippen molar-refractivity contribution in [1.82, 2.24) is 5.32 Å². The van der Waals surface area contributed by atoms with E-state index in [4.69, 9.17) is 42.0 Å². The number of amides is 1. The SMILES string of the molecule is CCCCCCCCCCCCC/C=C/[C@@H](O)[C@H](CO[C@@H]1O[C@H](CO[C@@H]2O[C@H](CO[C@@H]3O[C@H](CO[P+]([O-])(OCC)OCC[N+](C)(C)C)[C@H](O)[C@H](O)[C@H]3O)[C@H](O)[C@H](O)[C@H]2O)[C@H](O)[C@H](O)[C@H]1O)NC(=O)CCCCCCCCCCCCCCC. The van der Waals surface area contributed by atoms with Crippen molar-refractivity contribution in [3.8, 4) is 0 Å². The number of carbonyl (C=O) groups is 1. The van der Waals surface area contributed by atoms with E-state index in [2.05, 4.69) is 19.2 Å². The molecule has 3 aliphatic heterocycles. The van der Waals surface area contributed by atoms with Gasteiger partial charge in [-0.3, -0.25) is 4.79 Å². The van der Waals surface area contributed by atoms with Gasteiger partial charge in [-0.2, -0.15) is 13.6 Å². The number of phosphoric ester groups is 1. The number of nitrogens with zero attached hydrogens (tertiary/aromatic N) is 1. The molecule has 0 aromatic carbocycles. The first-order chi connectivity index (χ1) is 39.7. The van der Waals surface area contributed by atoms with Crippen LogP contribution in [0.5, 0.6) is 0 Å². The van der Waals surface area contributed by atoms with Crippen LogP contribution in [0.25, 0.3) is 0 Å². The molecule has 83 heavy (non-hydrogen) atoms. The summed E-state index contributed by atoms with van der Waals surface area (Å²) in [6.07, 6.45) is 5.69. The summed E-state index contributed by atoms with van der Waals surface area (Å²) in [6, 6.07) is -0.987. The summed E-state index contributed by atoms with van der Waals surface area (Å²) in [5, 5.41) is 112. The highest BCUT2D eigenvalue weighted by molar-refractivity contribution is 7.53. The summed E-state index contributed by atoms with van der Waals surface area (Å²) in [6.45, 7) is 4.10. The van der Waals surface area contributed by atoms with Gasteiger partial charge in [0.05, 0.1) is 59.7 Å². The number of aliphatic hydroxyl groups excluding tert-OH is 10. The molecule has 0 bridgehead atoms. The van der Waals surface area contributed by atoms with Gasteiger partial charge in [0.1, 0.15) is 93.0 Å². The average molecular weight is 1220 g/mol. The number of rotatable bonds is 47. The van der Waals surface area contributed by atoms with E-state index in [0.29, 0.717) is 17.4 Å². The summed E-state index contributed by atoms with van der Waals surface area (Å²) in [4.78, 5) is 26.6. The first kappa shape index (κ1) is 76.0. The van der Waals surface area contributed by atoms with Crippen LogP contribution >= 0.6 is 8.17 Å². The lowest BCUT2D eigenvalue weighted by molar-refractivity contribution is -0.870. The monoisotopic (exact) mass is 1220 g/mol. The van der Waals surface area contributed by atoms with E-state index in [1.165, 1.54) is 109 Å². The normalized spacial score (nSPS) is 30.4. The van der Waals surface area contributed by atoms with E-state index in [-0.39, 0.29) is 32.1 Å². The van der Waals surface area contributed by atoms with Gasteiger partial charge in [-0.05, 0) is 26.2 Å². The van der Waals surface area contributed by atoms with E-state index < -0.39 is 132 Å². The van der Waals surface area contributed by atoms with Gasteiger partial charge in [0.2, 0.25) is 5.91 Å². The van der Waals surface area contributed by atoms with E-state index >= 15 is 0 Å². The lowest BCUT2D eigenvalue weighted by Crippen LogP contribution is -2.63. The van der Waals surface area contributed by atoms with Crippen molar-refractivity contribution in [1.29, 1.82) is 0 Å². The molecule has 11 N–H and O–H groups in total. The zero-order valence-corrected chi connectivity index (χ0v) is 52.1. The van der Waals surface area contributed by atoms with Crippen molar-refractivity contribution in [2.24, 2.45) is 0 Å². The molecule has 3 saturated heterocycles. The van der Waals surface area contributed by atoms with Crippen LogP contribution in [0.3, 0.4) is 0 Å². The predicted molar refractivity (Wildman–Crippen MR) is 310 cm³/mol. The quantitative estimate of drug-likeness (QED) is 0.0178. The highest BCUT2D eigenvalue weighted by atomic mass is 31.2. The number of nitrogens with one attached hydrogen (secondary N) is 1. The second kappa shape index (κ2) is 42.7. The van der Waals surface area contributed by atoms with Gasteiger partial charge in [0.15, 0.2) is 18.9 Å². The summed E-state index contributed by atoms with van der Waals surface area (Å²) in [5.74, 6) is -0.288. The Labute approximate surface area is 496 Å². The van der Waals surface area contributed by atoms with Crippen molar-refractivity contribution in [3.05, 3.63) is 12.2 Å². The van der Waals surface area contributed by atoms with E-state index in [0.717, 1.165) is 44.9 Å². The largest absolute Gasteiger partial charge is 0.606 e. The van der Waals surface area contributed by atoms with Gasteiger partial charge in [-0.15, -0.1) is 0 Å². The van der Waals surface area contributed by atoms with Crippen LogP contribution in [-0.4, -0.2) is 233 Å². The minimum atomic E-state index is -4.18. The minimum absolute atomic E-state index is 0.00321. The lowest BCUT2D eigenvalue weighted by atomic mass is 9.98. The highest BCUT2D eigenvalue weighted by Gasteiger charge is 2.50. The van der Waals surface area contributed by atoms with Gasteiger partial charge in [0, 0.05) is 6.42 Å². The summed E-state index contributed by atoms with van der Waals surface area (Å²) in [7, 11) is 1.53. The first-order valence-corrected chi connectivity index (χ1v) is 33.0. The third-order valence-corrected chi connectivity index (χ3v) is 17.1. The number of quaternary nitrogens is 1. The third kappa shape index (κ3) is 29.8. The molecule has 0 spiro atoms. The Morgan fingerprint density at radius 3 is 1.31 bits per heavy atom. The van der Waals surface area contributed by atoms with E-state index in [1.807, 2.05) is 27.2 Å². The molecule has 490 valence electrons. The van der Waals surface area contributed by atoms with Crippen LogP contribution in [0.2, 0.25) is 0 Å². The Hall–Kier alpha value is -1.20. The summed E-state index contributed by atoms with van der Waals surface area (Å²) in [5.41, 5.74) is 0. The van der Waals surface area contributed by atoms with Crippen LogP contribution in [0.1, 0.15) is 188 Å². The number of likely N-dealkylation sites (N-methyl/N-ethyl adjacent to an activating group) is 1. The van der Waals surface area contributed by atoms with Crippen LogP contribution in [0.4, 0.5) is 0 Å². The summed E-state index contributed by atoms with van der Waals surface area (Å²) >= 11 is 0. The van der Waals surface area contributed by atoms with Crippen LogP contribution in [0.15, 0.2) is 12.2 Å². The molecule has 23 nitrogen and oxygen atoms in total. The molecule has 1 unspecified atom stereocenters. The second-order valence-electron chi connectivity index (χ2n) is 24.0. The average Bonchev–Trinajstić information content (AvgIpc) is 3.56. The second-order valence-corrected chi connectivity index (χ2v) is 25.6. The number of allylic oxidation sites excluding steroid dienone is 1. The molecule has 3 fully saturated rings. The molecule has 0 saturated carbocycles. The fourth-order valence-electron chi connectivity index (χ4n) is 10.1. The molecule has 0 radical (unpaired) electrons. The van der Waals surface area contributed by atoms with Crippen molar-refractivity contribution >= 4 is 14.1 Å². The van der Waals surface area contributed by atoms with Gasteiger partial charge < -0.3 is 94.2 Å². The molecule has 18 atom stereocenters. The maximum Gasteiger partial charge on any atom is 0.379 e. The number of hydrogen-bond donors (Lipinski definition) is 11. The molecular formula is C59H114N2O21P+. The Kier molecular flexibility index (Phi) is 39.1. The number of phosphoric acid groups is 1. The highest BCUT2D eigenvalue weighted by Crippen LogP contribution is 2.54. The Bertz CT molecular complexity index is 1680. The molecule has 1 amide bonds. The van der Waals surface area contributed by atoms with Gasteiger partial charge in [0.25, 0.3) is 0 Å². The fourth-order valence-corrected chi connectivity index (χ4v) is 11.3. The lowest BCUT2D eigenvalue weighted by Gasteiger charge is -2.44. The zero-order chi connectivity index (χ0) is 61.2. The summed E-state index contributed by atoms with van der Waals surface area (Å²) < 4.78 is 51.3. The van der Waals surface area contributed by atoms with Crippen molar-refractivity contribution in [2.75, 3.05) is 67.3 Å². The molecular weight excluding hydrogens is 1100 g/mol. The first-order valence-electron chi connectivity index (χ1n) is 31.6. The van der Waals surface area contributed by atoms with Crippen LogP contribution < -0.4 is 10.2 Å². The fraction of sp³-hybridized carbons (Fsp3) is 0.949. The molecule has 24 heteroatoms. The molecule has 3 heterocycles. The Morgan fingerprint density at radius 2 is 0.904 bits per heavy atom. The van der Waals surface area contributed by atoms with E-state index in [9.17, 15) is 60.8 Å². The van der Waals surface area contributed by atoms with Crippen molar-refractivity contribution < 1.29 is 107 Å². The molecule has 0 aliphatic carbocycles. The van der Waals surface area contributed by atoms with Crippen LogP contribution in [-0.2, 0) is 46.8 Å². The van der Waals surface area contributed by atoms with Crippen molar-refractivity contribution in [3.63, 3.8) is 0 Å². The maximum atomic E-state index is 13.3. The molecule has 0 aromatic rings. The predicted octanol–water partition coefficient (Wildman–Crippen LogP) is 3.86. The number of hydrogen-bond acceptors (Lipinski definition) is 21. The number of unbranched alkanes of at least 4 members (excludes halogenated alkanes) is 23. The van der Waals surface area contributed by atoms with Crippen molar-refractivity contribution in [2.45, 2.75) is 292 Å². The van der Waals surface area contributed by atoms with Crippen LogP contribution in [0, 0.1) is 0 Å². The van der Waals surface area contributed by atoms with E-state index in [1.54, 1.807) is 13.0 Å². The number of ether oxygens (including phenoxy) is 6. The Morgan fingerprint density at radius 1 is 0.518 bits per heavy atom. The third-order valence-electron chi connectivity index (χ3n) is 15.6. The van der Waals surface area contributed by atoms with Gasteiger partial charge in [-0.1, -0.05) is 167 Å². The maximum absolute atomic E-state index is 13.3. The smallest absolute Gasteiger partial charge is 0.379 e. The van der Waals surface area contributed by atoms with Gasteiger partial charge >= 0.3 is 8.17 Å². The minimum Gasteiger partial charge on any atom is -0.606 e. The Balaban J connectivity index is 1.58. The van der Waals surface area contributed by atoms with Gasteiger partial charge in [-0.25, -0.2) is 0 Å².